The van der Waals surface area contributed by atoms with Gasteiger partial charge in [-0.2, -0.15) is 0 Å². The smallest absolute Gasteiger partial charge is 0.0656 e. The quantitative estimate of drug-likeness (QED) is 0.617. The maximum Gasteiger partial charge on any atom is 0.0774 e. The summed E-state index contributed by atoms with van der Waals surface area (Å²) in [6, 6.07) is 14.1. The van der Waals surface area contributed by atoms with E-state index in [0.717, 1.165) is 6.42 Å². The van der Waals surface area contributed by atoms with Crippen LogP contribution in [0.25, 0.3) is 11.1 Å². The summed E-state index contributed by atoms with van der Waals surface area (Å²) in [4.78, 5) is 0. The van der Waals surface area contributed by atoms with Crippen LogP contribution in [0.2, 0.25) is 39.3 Å². The summed E-state index contributed by atoms with van der Waals surface area (Å²) in [5.74, 6) is 0. The van der Waals surface area contributed by atoms with Crippen molar-refractivity contribution in [1.29, 1.82) is 0 Å². The highest BCUT2D eigenvalue weighted by Crippen LogP contribution is 2.36. The first-order chi connectivity index (χ1) is 9.68. The highest BCUT2D eigenvalue weighted by Gasteiger charge is 2.30. The van der Waals surface area contributed by atoms with Gasteiger partial charge in [0.2, 0.25) is 0 Å². The Morgan fingerprint density at radius 3 is 1.86 bits per heavy atom. The number of rotatable bonds is 2. The molecule has 0 atom stereocenters. The SMILES string of the molecule is C[Si](C)(C)c1cc2c(cc1[Si](C)(C)C)-c1ccccc1C2. The fraction of sp³-hybridized carbons (Fsp3) is 0.368. The Balaban J connectivity index is 2.27. The van der Waals surface area contributed by atoms with Crippen LogP contribution in [-0.2, 0) is 6.42 Å². The Kier molecular flexibility index (Phi) is 3.30. The molecular formula is C19H26Si2. The number of hydrogen-bond acceptors (Lipinski definition) is 0. The summed E-state index contributed by atoms with van der Waals surface area (Å²) in [5, 5.41) is 3.39. The maximum absolute atomic E-state index is 2.56. The summed E-state index contributed by atoms with van der Waals surface area (Å²) in [6.07, 6.45) is 1.12. The monoisotopic (exact) mass is 310 g/mol. The molecule has 21 heavy (non-hydrogen) atoms. The van der Waals surface area contributed by atoms with Crippen LogP contribution in [0.4, 0.5) is 0 Å². The average molecular weight is 311 g/mol. The number of hydrogen-bond donors (Lipinski definition) is 0. The zero-order valence-electron chi connectivity index (χ0n) is 14.2. The Bertz CT molecular complexity index is 700. The summed E-state index contributed by atoms with van der Waals surface area (Å²) >= 11 is 0. The second kappa shape index (κ2) is 4.69. The van der Waals surface area contributed by atoms with Crippen LogP contribution >= 0.6 is 0 Å². The third-order valence-corrected chi connectivity index (χ3v) is 8.86. The average Bonchev–Trinajstić information content (AvgIpc) is 2.73. The molecule has 0 spiro atoms. The summed E-state index contributed by atoms with van der Waals surface area (Å²) in [6.45, 7) is 14.9. The molecule has 0 radical (unpaired) electrons. The molecule has 2 heteroatoms. The maximum atomic E-state index is 2.56. The molecule has 0 saturated carbocycles. The lowest BCUT2D eigenvalue weighted by Crippen LogP contribution is -2.56. The van der Waals surface area contributed by atoms with E-state index < -0.39 is 16.1 Å². The highest BCUT2D eigenvalue weighted by molar-refractivity contribution is 6.98. The van der Waals surface area contributed by atoms with E-state index in [4.69, 9.17) is 0 Å². The molecule has 1 aliphatic carbocycles. The molecule has 0 N–H and O–H groups in total. The molecule has 3 rings (SSSR count). The minimum Gasteiger partial charge on any atom is -0.0656 e. The van der Waals surface area contributed by atoms with Gasteiger partial charge in [-0.3, -0.25) is 0 Å². The first-order valence-electron chi connectivity index (χ1n) is 7.94. The Morgan fingerprint density at radius 2 is 1.24 bits per heavy atom. The first kappa shape index (κ1) is 14.8. The van der Waals surface area contributed by atoms with Crippen molar-refractivity contribution in [3.63, 3.8) is 0 Å². The van der Waals surface area contributed by atoms with Crippen LogP contribution in [0.1, 0.15) is 11.1 Å². The lowest BCUT2D eigenvalue weighted by molar-refractivity contribution is 1.27. The van der Waals surface area contributed by atoms with Gasteiger partial charge in [0.15, 0.2) is 0 Å². The minimum atomic E-state index is -1.32. The molecule has 2 aromatic rings. The van der Waals surface area contributed by atoms with Crippen LogP contribution in [0, 0.1) is 0 Å². The van der Waals surface area contributed by atoms with Gasteiger partial charge in [0, 0.05) is 0 Å². The van der Waals surface area contributed by atoms with Crippen molar-refractivity contribution in [3.8, 4) is 11.1 Å². The molecule has 110 valence electrons. The summed E-state index contributed by atoms with van der Waals surface area (Å²) in [7, 11) is -2.62. The van der Waals surface area contributed by atoms with E-state index in [-0.39, 0.29) is 0 Å². The molecule has 0 bridgehead atoms. The van der Waals surface area contributed by atoms with Crippen molar-refractivity contribution in [2.45, 2.75) is 45.7 Å². The number of fused-ring (bicyclic) bond motifs is 3. The van der Waals surface area contributed by atoms with Crippen LogP contribution in [0.15, 0.2) is 36.4 Å². The van der Waals surface area contributed by atoms with Crippen molar-refractivity contribution < 1.29 is 0 Å². The Hall–Kier alpha value is -1.13. The van der Waals surface area contributed by atoms with Gasteiger partial charge in [0.1, 0.15) is 0 Å². The first-order valence-corrected chi connectivity index (χ1v) is 14.9. The Labute approximate surface area is 131 Å². The van der Waals surface area contributed by atoms with E-state index in [9.17, 15) is 0 Å². The van der Waals surface area contributed by atoms with Crippen LogP contribution in [0.5, 0.6) is 0 Å². The van der Waals surface area contributed by atoms with Crippen LogP contribution in [0.3, 0.4) is 0 Å². The zero-order chi connectivity index (χ0) is 15.4. The fourth-order valence-corrected chi connectivity index (χ4v) is 8.62. The van der Waals surface area contributed by atoms with E-state index in [0.29, 0.717) is 0 Å². The second-order valence-electron chi connectivity index (χ2n) is 8.39. The van der Waals surface area contributed by atoms with Gasteiger partial charge in [-0.15, -0.1) is 0 Å². The number of benzene rings is 2. The van der Waals surface area contributed by atoms with Crippen molar-refractivity contribution in [1.82, 2.24) is 0 Å². The predicted molar refractivity (Wildman–Crippen MR) is 101 cm³/mol. The van der Waals surface area contributed by atoms with E-state index >= 15 is 0 Å². The van der Waals surface area contributed by atoms with Crippen molar-refractivity contribution in [2.24, 2.45) is 0 Å². The molecule has 0 heterocycles. The van der Waals surface area contributed by atoms with Crippen molar-refractivity contribution >= 4 is 26.5 Å². The summed E-state index contributed by atoms with van der Waals surface area (Å²) < 4.78 is 0. The van der Waals surface area contributed by atoms with Crippen LogP contribution in [-0.4, -0.2) is 16.1 Å². The van der Waals surface area contributed by atoms with Crippen LogP contribution < -0.4 is 10.4 Å². The molecule has 0 fully saturated rings. The van der Waals surface area contributed by atoms with E-state index in [1.165, 1.54) is 16.7 Å². The van der Waals surface area contributed by atoms with Gasteiger partial charge < -0.3 is 0 Å². The van der Waals surface area contributed by atoms with Gasteiger partial charge in [-0.05, 0) is 28.7 Å². The Morgan fingerprint density at radius 1 is 0.667 bits per heavy atom. The molecule has 0 saturated heterocycles. The molecule has 1 aliphatic rings. The third-order valence-electron chi connectivity index (χ3n) is 4.55. The van der Waals surface area contributed by atoms with E-state index in [1.807, 2.05) is 0 Å². The summed E-state index contributed by atoms with van der Waals surface area (Å²) in [5.41, 5.74) is 6.02. The highest BCUT2D eigenvalue weighted by atomic mass is 28.3. The van der Waals surface area contributed by atoms with Gasteiger partial charge in [-0.1, -0.05) is 86.1 Å². The van der Waals surface area contributed by atoms with Gasteiger partial charge in [-0.25, -0.2) is 0 Å². The minimum absolute atomic E-state index is 1.12. The zero-order valence-corrected chi connectivity index (χ0v) is 16.2. The molecular weight excluding hydrogens is 284 g/mol. The largest absolute Gasteiger partial charge is 0.0774 e. The fourth-order valence-electron chi connectivity index (χ4n) is 3.42. The van der Waals surface area contributed by atoms with Gasteiger partial charge in [0.25, 0.3) is 0 Å². The normalized spacial score (nSPS) is 14.0. The van der Waals surface area contributed by atoms with Crippen molar-refractivity contribution in [2.75, 3.05) is 0 Å². The lowest BCUT2D eigenvalue weighted by atomic mass is 10.1. The van der Waals surface area contributed by atoms with E-state index in [1.54, 1.807) is 15.9 Å². The van der Waals surface area contributed by atoms with Gasteiger partial charge >= 0.3 is 0 Å². The van der Waals surface area contributed by atoms with Crippen molar-refractivity contribution in [3.05, 3.63) is 47.5 Å². The topological polar surface area (TPSA) is 0 Å². The molecule has 0 amide bonds. The third kappa shape index (κ3) is 2.55. The molecule has 0 unspecified atom stereocenters. The second-order valence-corrected chi connectivity index (χ2v) is 18.5. The molecule has 2 aromatic carbocycles. The molecule has 0 nitrogen and oxygen atoms in total. The standard InChI is InChI=1S/C19H26Si2/c1-20(2,3)18-12-15-11-14-9-7-8-10-16(14)17(15)13-19(18)21(4,5)6/h7-10,12-13H,11H2,1-6H3. The molecule has 0 aliphatic heterocycles. The lowest BCUT2D eigenvalue weighted by Gasteiger charge is -2.29. The van der Waals surface area contributed by atoms with Gasteiger partial charge in [0.05, 0.1) is 16.1 Å². The molecule has 0 aromatic heterocycles. The predicted octanol–water partition coefficient (Wildman–Crippen LogP) is 4.35. The van der Waals surface area contributed by atoms with E-state index in [2.05, 4.69) is 75.7 Å².